The molecule has 3 aromatic rings. The zero-order valence-corrected chi connectivity index (χ0v) is 14.7. The topological polar surface area (TPSA) is 85.6 Å². The minimum absolute atomic E-state index is 0.0112. The molecule has 25 heavy (non-hydrogen) atoms. The molecule has 4 rings (SSSR count). The van der Waals surface area contributed by atoms with Crippen molar-refractivity contribution in [2.75, 3.05) is 0 Å². The first-order valence-corrected chi connectivity index (χ1v) is 9.13. The van der Waals surface area contributed by atoms with Crippen LogP contribution in [0.1, 0.15) is 35.4 Å². The third kappa shape index (κ3) is 3.17. The van der Waals surface area contributed by atoms with Crippen LogP contribution in [-0.4, -0.2) is 30.6 Å². The summed E-state index contributed by atoms with van der Waals surface area (Å²) in [6.07, 6.45) is 3.52. The lowest BCUT2D eigenvalue weighted by molar-refractivity contribution is -0.123. The maximum atomic E-state index is 12.6. The van der Waals surface area contributed by atoms with Gasteiger partial charge in [0.1, 0.15) is 16.7 Å². The molecule has 1 unspecified atom stereocenters. The lowest BCUT2D eigenvalue weighted by Gasteiger charge is -2.22. The Balaban J connectivity index is 1.42. The molecule has 0 bridgehead atoms. The monoisotopic (exact) mass is 354 g/mol. The average molecular weight is 354 g/mol. The Labute approximate surface area is 149 Å². The summed E-state index contributed by atoms with van der Waals surface area (Å²) in [5, 5.41) is 14.1. The van der Waals surface area contributed by atoms with Gasteiger partial charge in [-0.25, -0.2) is 4.98 Å². The number of carbonyl (C=O) groups excluding carboxylic acids is 1. The molecule has 128 valence electrons. The Morgan fingerprint density at radius 2 is 2.28 bits per heavy atom. The summed E-state index contributed by atoms with van der Waals surface area (Å²) in [6, 6.07) is 5.74. The predicted molar refractivity (Wildman–Crippen MR) is 93.9 cm³/mol. The zero-order chi connectivity index (χ0) is 17.2. The molecule has 1 aliphatic rings. The van der Waals surface area contributed by atoms with E-state index in [1.54, 1.807) is 6.20 Å². The summed E-state index contributed by atoms with van der Waals surface area (Å²) < 4.78 is 2.04. The van der Waals surface area contributed by atoms with E-state index in [1.807, 2.05) is 35.1 Å². The highest BCUT2D eigenvalue weighted by molar-refractivity contribution is 7.09. The minimum atomic E-state index is -0.231. The van der Waals surface area contributed by atoms with Gasteiger partial charge in [-0.2, -0.15) is 0 Å². The number of aryl methyl sites for hydroxylation is 1. The van der Waals surface area contributed by atoms with Crippen molar-refractivity contribution < 1.29 is 4.79 Å². The fourth-order valence-electron chi connectivity index (χ4n) is 3.07. The maximum Gasteiger partial charge on any atom is 0.231 e. The van der Waals surface area contributed by atoms with E-state index in [4.69, 9.17) is 0 Å². The normalized spacial score (nSPS) is 16.4. The van der Waals surface area contributed by atoms with E-state index in [2.05, 4.69) is 25.5 Å². The summed E-state index contributed by atoms with van der Waals surface area (Å²) >= 11 is 1.52. The molecule has 0 saturated heterocycles. The molecular weight excluding hydrogens is 336 g/mol. The van der Waals surface area contributed by atoms with Crippen molar-refractivity contribution in [3.8, 4) is 11.4 Å². The number of nitrogens with one attached hydrogen (secondary N) is 1. The van der Waals surface area contributed by atoms with Gasteiger partial charge in [0.05, 0.1) is 23.9 Å². The lowest BCUT2D eigenvalue weighted by Crippen LogP contribution is -2.33. The van der Waals surface area contributed by atoms with Crippen molar-refractivity contribution >= 4 is 17.2 Å². The highest BCUT2D eigenvalue weighted by atomic mass is 32.1. The number of aromatic nitrogens is 5. The molecular formula is C17H18N6OS. The van der Waals surface area contributed by atoms with Crippen LogP contribution in [0.5, 0.6) is 0 Å². The number of thiazole rings is 1. The Kier molecular flexibility index (Phi) is 4.27. The molecule has 0 radical (unpaired) electrons. The van der Waals surface area contributed by atoms with Gasteiger partial charge < -0.3 is 9.88 Å². The quantitative estimate of drug-likeness (QED) is 0.777. The predicted octanol–water partition coefficient (Wildman–Crippen LogP) is 2.30. The number of hydrogen-bond donors (Lipinski definition) is 1. The first-order valence-electron chi connectivity index (χ1n) is 8.25. The third-order valence-electron chi connectivity index (χ3n) is 4.36. The highest BCUT2D eigenvalue weighted by Crippen LogP contribution is 2.27. The number of pyridine rings is 1. The van der Waals surface area contributed by atoms with Crippen LogP contribution in [0.2, 0.25) is 0 Å². The number of rotatable bonds is 4. The Hall–Kier alpha value is -2.61. The molecule has 1 atom stereocenters. The molecule has 1 N–H and O–H groups in total. The lowest BCUT2D eigenvalue weighted by atomic mass is 9.98. The van der Waals surface area contributed by atoms with E-state index >= 15 is 0 Å². The van der Waals surface area contributed by atoms with Crippen LogP contribution in [-0.2, 0) is 17.9 Å². The van der Waals surface area contributed by atoms with Gasteiger partial charge in [-0.3, -0.25) is 9.78 Å². The van der Waals surface area contributed by atoms with E-state index in [1.165, 1.54) is 11.3 Å². The molecule has 0 saturated carbocycles. The first-order chi connectivity index (χ1) is 12.2. The first kappa shape index (κ1) is 15.9. The standard InChI is InChI=1S/C17H18N6OS/c1-11-21-22-16-12(5-4-8-23(11)16)17(24)19-9-15-20-14(10-25-15)13-6-2-3-7-18-13/h2-3,6-7,10,12H,4-5,8-9H2,1H3,(H,19,24). The van der Waals surface area contributed by atoms with E-state index in [0.29, 0.717) is 6.54 Å². The van der Waals surface area contributed by atoms with Gasteiger partial charge >= 0.3 is 0 Å². The number of nitrogens with zero attached hydrogens (tertiary/aromatic N) is 5. The van der Waals surface area contributed by atoms with Gasteiger partial charge in [-0.15, -0.1) is 21.5 Å². The SMILES string of the molecule is Cc1nnc2n1CCCC2C(=O)NCc1nc(-c2ccccn2)cs1. The molecule has 4 heterocycles. The second-order valence-electron chi connectivity index (χ2n) is 6.01. The van der Waals surface area contributed by atoms with Gasteiger partial charge in [0.25, 0.3) is 0 Å². The third-order valence-corrected chi connectivity index (χ3v) is 5.21. The molecule has 3 aromatic heterocycles. The molecule has 1 aliphatic heterocycles. The summed E-state index contributed by atoms with van der Waals surface area (Å²) in [5.41, 5.74) is 1.68. The van der Waals surface area contributed by atoms with Crippen molar-refractivity contribution in [3.05, 3.63) is 46.4 Å². The van der Waals surface area contributed by atoms with Gasteiger partial charge in [-0.1, -0.05) is 6.07 Å². The van der Waals surface area contributed by atoms with Gasteiger partial charge in [0, 0.05) is 18.1 Å². The number of hydrogen-bond acceptors (Lipinski definition) is 6. The Morgan fingerprint density at radius 3 is 3.12 bits per heavy atom. The molecule has 0 spiro atoms. The largest absolute Gasteiger partial charge is 0.349 e. The number of fused-ring (bicyclic) bond motifs is 1. The second kappa shape index (κ2) is 6.72. The van der Waals surface area contributed by atoms with E-state index in [0.717, 1.165) is 47.4 Å². The van der Waals surface area contributed by atoms with Crippen LogP contribution in [0.3, 0.4) is 0 Å². The number of carbonyl (C=O) groups is 1. The van der Waals surface area contributed by atoms with Gasteiger partial charge in [-0.05, 0) is 31.9 Å². The molecule has 0 aromatic carbocycles. The summed E-state index contributed by atoms with van der Waals surface area (Å²) in [7, 11) is 0. The average Bonchev–Trinajstić information content (AvgIpc) is 3.28. The van der Waals surface area contributed by atoms with Gasteiger partial charge in [0.2, 0.25) is 5.91 Å². The molecule has 0 fully saturated rings. The Morgan fingerprint density at radius 1 is 1.36 bits per heavy atom. The van der Waals surface area contributed by atoms with Gasteiger partial charge in [0.15, 0.2) is 0 Å². The van der Waals surface area contributed by atoms with Crippen molar-refractivity contribution in [2.24, 2.45) is 0 Å². The van der Waals surface area contributed by atoms with Crippen LogP contribution in [0, 0.1) is 6.92 Å². The number of amides is 1. The smallest absolute Gasteiger partial charge is 0.231 e. The van der Waals surface area contributed by atoms with Crippen LogP contribution < -0.4 is 5.32 Å². The molecule has 1 amide bonds. The zero-order valence-electron chi connectivity index (χ0n) is 13.8. The molecule has 7 nitrogen and oxygen atoms in total. The van der Waals surface area contributed by atoms with Crippen LogP contribution in [0.15, 0.2) is 29.8 Å². The summed E-state index contributed by atoms with van der Waals surface area (Å²) in [4.78, 5) is 21.4. The van der Waals surface area contributed by atoms with E-state index < -0.39 is 0 Å². The minimum Gasteiger partial charge on any atom is -0.349 e. The van der Waals surface area contributed by atoms with Crippen LogP contribution in [0.4, 0.5) is 0 Å². The molecule has 0 aliphatic carbocycles. The summed E-state index contributed by atoms with van der Waals surface area (Å²) in [5.74, 6) is 1.40. The van der Waals surface area contributed by atoms with Crippen molar-refractivity contribution in [2.45, 2.75) is 38.8 Å². The van der Waals surface area contributed by atoms with Crippen molar-refractivity contribution in [1.29, 1.82) is 0 Å². The fourth-order valence-corrected chi connectivity index (χ4v) is 3.80. The van der Waals surface area contributed by atoms with Crippen LogP contribution >= 0.6 is 11.3 Å². The van der Waals surface area contributed by atoms with E-state index in [9.17, 15) is 4.79 Å². The van der Waals surface area contributed by atoms with E-state index in [-0.39, 0.29) is 11.8 Å². The Bertz CT molecular complexity index is 888. The van der Waals surface area contributed by atoms with Crippen molar-refractivity contribution in [1.82, 2.24) is 30.0 Å². The maximum absolute atomic E-state index is 12.6. The van der Waals surface area contributed by atoms with Crippen LogP contribution in [0.25, 0.3) is 11.4 Å². The highest BCUT2D eigenvalue weighted by Gasteiger charge is 2.29. The van der Waals surface area contributed by atoms with Crippen molar-refractivity contribution in [3.63, 3.8) is 0 Å². The fraction of sp³-hybridized carbons (Fsp3) is 0.353. The second-order valence-corrected chi connectivity index (χ2v) is 6.95. The molecule has 8 heteroatoms. The summed E-state index contributed by atoms with van der Waals surface area (Å²) in [6.45, 7) is 3.23.